The first-order valence-electron chi connectivity index (χ1n) is 13.0. The number of hydrogen-bond donors (Lipinski definition) is 1. The molecule has 0 saturated heterocycles. The maximum atomic E-state index is 11.9. The number of esters is 3. The Morgan fingerprint density at radius 1 is 0.868 bits per heavy atom. The van der Waals surface area contributed by atoms with Crippen LogP contribution in [-0.2, 0) is 35.0 Å². The lowest BCUT2D eigenvalue weighted by atomic mass is 9.75. The molecule has 2 saturated carbocycles. The Balaban J connectivity index is 0.000000156. The van der Waals surface area contributed by atoms with Crippen LogP contribution in [0.25, 0.3) is 0 Å². The zero-order valence-electron chi connectivity index (χ0n) is 21.2. The molecule has 2 spiro atoms. The van der Waals surface area contributed by atoms with Crippen molar-refractivity contribution >= 4 is 23.9 Å². The van der Waals surface area contributed by atoms with E-state index in [1.54, 1.807) is 36.9 Å². The molecule has 2 aliphatic carbocycles. The van der Waals surface area contributed by atoms with Crippen LogP contribution in [0, 0.1) is 11.8 Å². The number of hydrogen-bond acceptors (Lipinski definition) is 9. The number of aromatic nitrogens is 2. The highest BCUT2D eigenvalue weighted by Gasteiger charge is 2.50. The molecule has 0 bridgehead atoms. The Kier molecular flexibility index (Phi) is 6.90. The van der Waals surface area contributed by atoms with Gasteiger partial charge in [0.1, 0.15) is 11.2 Å². The summed E-state index contributed by atoms with van der Waals surface area (Å²) in [5.41, 5.74) is 1.65. The molecular formula is C28H30N2O8. The number of carbonyl (C=O) groups is 4. The molecule has 2 aromatic heterocycles. The van der Waals surface area contributed by atoms with E-state index in [0.717, 1.165) is 11.1 Å². The van der Waals surface area contributed by atoms with Crippen LogP contribution < -0.4 is 0 Å². The van der Waals surface area contributed by atoms with Crippen LogP contribution in [0.15, 0.2) is 36.9 Å². The van der Waals surface area contributed by atoms with Crippen LogP contribution in [0.2, 0.25) is 0 Å². The second-order valence-electron chi connectivity index (χ2n) is 10.2. The topological polar surface area (TPSA) is 142 Å². The minimum absolute atomic E-state index is 0.0833. The Morgan fingerprint density at radius 3 is 1.74 bits per heavy atom. The molecule has 38 heavy (non-hydrogen) atoms. The molecule has 200 valence electrons. The third-order valence-corrected chi connectivity index (χ3v) is 8.20. The van der Waals surface area contributed by atoms with Gasteiger partial charge in [0.15, 0.2) is 0 Å². The van der Waals surface area contributed by atoms with Crippen molar-refractivity contribution in [1.82, 2.24) is 9.97 Å². The molecule has 0 atom stereocenters. The maximum Gasteiger partial charge on any atom is 0.339 e. The van der Waals surface area contributed by atoms with Crippen LogP contribution in [0.4, 0.5) is 0 Å². The minimum Gasteiger partial charge on any atom is -0.481 e. The van der Waals surface area contributed by atoms with Crippen molar-refractivity contribution in [1.29, 1.82) is 0 Å². The first-order valence-corrected chi connectivity index (χ1v) is 13.0. The molecule has 0 unspecified atom stereocenters. The molecule has 10 heteroatoms. The number of aliphatic carboxylic acids is 1. The fourth-order valence-electron chi connectivity index (χ4n) is 6.10. The molecule has 1 N–H and O–H groups in total. The van der Waals surface area contributed by atoms with Crippen molar-refractivity contribution < 1.29 is 38.5 Å². The van der Waals surface area contributed by atoms with Gasteiger partial charge < -0.3 is 19.3 Å². The summed E-state index contributed by atoms with van der Waals surface area (Å²) < 4.78 is 16.2. The van der Waals surface area contributed by atoms with Crippen LogP contribution in [-0.4, -0.2) is 45.6 Å². The predicted octanol–water partition coefficient (Wildman–Crippen LogP) is 3.92. The average Bonchev–Trinajstić information content (AvgIpc) is 3.36. The SMILES string of the molecule is CCOC(=O)C1CCC2(CC1)OC(=O)c1ccncc12.O=C1OC2(CCC(C(=O)O)CC2)c2cnccc21. The largest absolute Gasteiger partial charge is 0.481 e. The van der Waals surface area contributed by atoms with Crippen LogP contribution in [0.3, 0.4) is 0 Å². The molecule has 0 amide bonds. The average molecular weight is 523 g/mol. The fraction of sp³-hybridized carbons (Fsp3) is 0.500. The second-order valence-corrected chi connectivity index (χ2v) is 10.2. The van der Waals surface area contributed by atoms with Crippen LogP contribution in [0.5, 0.6) is 0 Å². The Labute approximate surface area is 219 Å². The van der Waals surface area contributed by atoms with E-state index >= 15 is 0 Å². The lowest BCUT2D eigenvalue weighted by Gasteiger charge is -2.35. The number of carboxylic acids is 1. The van der Waals surface area contributed by atoms with Crippen molar-refractivity contribution in [2.45, 2.75) is 69.5 Å². The Hall–Kier alpha value is -3.82. The first kappa shape index (κ1) is 25.8. The van der Waals surface area contributed by atoms with E-state index in [-0.39, 0.29) is 29.7 Å². The summed E-state index contributed by atoms with van der Waals surface area (Å²) in [6.45, 7) is 2.21. The van der Waals surface area contributed by atoms with Crippen LogP contribution >= 0.6 is 0 Å². The van der Waals surface area contributed by atoms with E-state index in [9.17, 15) is 19.2 Å². The smallest absolute Gasteiger partial charge is 0.339 e. The molecule has 10 nitrogen and oxygen atoms in total. The minimum atomic E-state index is -0.763. The Morgan fingerprint density at radius 2 is 1.32 bits per heavy atom. The third-order valence-electron chi connectivity index (χ3n) is 8.20. The van der Waals surface area contributed by atoms with Gasteiger partial charge in [0.25, 0.3) is 0 Å². The summed E-state index contributed by atoms with van der Waals surface area (Å²) in [6.07, 6.45) is 11.4. The van der Waals surface area contributed by atoms with E-state index in [2.05, 4.69) is 9.97 Å². The number of carbonyl (C=O) groups excluding carboxylic acids is 3. The van der Waals surface area contributed by atoms with Gasteiger partial charge in [-0.15, -0.1) is 0 Å². The predicted molar refractivity (Wildman–Crippen MR) is 131 cm³/mol. The number of nitrogens with zero attached hydrogens (tertiary/aromatic N) is 2. The lowest BCUT2D eigenvalue weighted by Crippen LogP contribution is -2.34. The highest BCUT2D eigenvalue weighted by Crippen LogP contribution is 2.49. The molecule has 0 aromatic carbocycles. The van der Waals surface area contributed by atoms with Gasteiger partial charge in [0, 0.05) is 35.9 Å². The van der Waals surface area contributed by atoms with Crippen molar-refractivity contribution in [3.63, 3.8) is 0 Å². The second kappa shape index (κ2) is 10.2. The molecule has 2 aromatic rings. The summed E-state index contributed by atoms with van der Waals surface area (Å²) >= 11 is 0. The number of ether oxygens (including phenoxy) is 3. The van der Waals surface area contributed by atoms with E-state index in [4.69, 9.17) is 19.3 Å². The van der Waals surface area contributed by atoms with E-state index in [0.29, 0.717) is 69.1 Å². The summed E-state index contributed by atoms with van der Waals surface area (Å²) in [7, 11) is 0. The first-order chi connectivity index (χ1) is 18.3. The molecule has 4 heterocycles. The van der Waals surface area contributed by atoms with Gasteiger partial charge in [0.05, 0.1) is 29.6 Å². The quantitative estimate of drug-likeness (QED) is 0.465. The van der Waals surface area contributed by atoms with Gasteiger partial charge in [-0.3, -0.25) is 19.6 Å². The summed E-state index contributed by atoms with van der Waals surface area (Å²) in [5.74, 6) is -1.91. The third kappa shape index (κ3) is 4.52. The molecule has 0 radical (unpaired) electrons. The summed E-state index contributed by atoms with van der Waals surface area (Å²) in [5, 5.41) is 9.00. The van der Waals surface area contributed by atoms with E-state index in [1.165, 1.54) is 0 Å². The van der Waals surface area contributed by atoms with E-state index in [1.807, 2.05) is 6.92 Å². The number of carboxylic acid groups (broad SMARTS) is 1. The molecule has 2 aliphatic heterocycles. The van der Waals surface area contributed by atoms with Crippen molar-refractivity contribution in [2.24, 2.45) is 11.8 Å². The van der Waals surface area contributed by atoms with Gasteiger partial charge in [0.2, 0.25) is 0 Å². The van der Waals surface area contributed by atoms with Crippen molar-refractivity contribution in [2.75, 3.05) is 6.61 Å². The zero-order chi connectivity index (χ0) is 26.9. The van der Waals surface area contributed by atoms with Gasteiger partial charge in [-0.05, 0) is 70.4 Å². The number of fused-ring (bicyclic) bond motifs is 4. The highest BCUT2D eigenvalue weighted by molar-refractivity contribution is 5.95. The normalized spacial score (nSPS) is 29.0. The Bertz CT molecular complexity index is 1260. The van der Waals surface area contributed by atoms with Crippen molar-refractivity contribution in [3.8, 4) is 0 Å². The molecular weight excluding hydrogens is 492 g/mol. The van der Waals surface area contributed by atoms with Gasteiger partial charge >= 0.3 is 23.9 Å². The summed E-state index contributed by atoms with van der Waals surface area (Å²) in [6, 6.07) is 3.36. The van der Waals surface area contributed by atoms with Gasteiger partial charge in [-0.25, -0.2) is 9.59 Å². The molecule has 2 fully saturated rings. The van der Waals surface area contributed by atoms with Crippen LogP contribution in [0.1, 0.15) is 90.1 Å². The van der Waals surface area contributed by atoms with E-state index < -0.39 is 17.2 Å². The monoisotopic (exact) mass is 522 g/mol. The number of rotatable bonds is 3. The zero-order valence-corrected chi connectivity index (χ0v) is 21.2. The highest BCUT2D eigenvalue weighted by atomic mass is 16.6. The number of pyridine rings is 2. The standard InChI is InChI=1S/C15H17NO4.C13H13NO4/c1-2-19-13(17)10-3-6-15(7-4-10)12-9-16-8-5-11(12)14(18)20-15;15-11(16)8-1-4-13(5-2-8)10-7-14-6-3-9(10)12(17)18-13/h5,8-10H,2-4,6-7H2,1H3;3,6-8H,1-2,4-5H2,(H,15,16). The van der Waals surface area contributed by atoms with Gasteiger partial charge in [-0.2, -0.15) is 0 Å². The maximum absolute atomic E-state index is 11.9. The molecule has 6 rings (SSSR count). The fourth-order valence-corrected chi connectivity index (χ4v) is 6.10. The molecule has 4 aliphatic rings. The van der Waals surface area contributed by atoms with Gasteiger partial charge in [-0.1, -0.05) is 0 Å². The lowest BCUT2D eigenvalue weighted by molar-refractivity contribution is -0.151. The van der Waals surface area contributed by atoms with Crippen molar-refractivity contribution in [3.05, 3.63) is 59.2 Å². The summed E-state index contributed by atoms with van der Waals surface area (Å²) in [4.78, 5) is 54.6.